The Bertz CT molecular complexity index is 1030. The van der Waals surface area contributed by atoms with E-state index in [0.29, 0.717) is 36.8 Å². The van der Waals surface area contributed by atoms with Crippen molar-refractivity contribution in [3.05, 3.63) is 64.7 Å². The van der Waals surface area contributed by atoms with E-state index in [4.69, 9.17) is 4.74 Å². The van der Waals surface area contributed by atoms with Crippen LogP contribution in [0.4, 0.5) is 0 Å². The number of aromatic nitrogens is 2. The normalized spacial score (nSPS) is 21.3. The molecule has 168 valence electrons. The quantitative estimate of drug-likeness (QED) is 0.421. The topological polar surface area (TPSA) is 95.9 Å². The van der Waals surface area contributed by atoms with Gasteiger partial charge in [0.25, 0.3) is 11.7 Å². The zero-order chi connectivity index (χ0) is 22.7. The van der Waals surface area contributed by atoms with Crippen LogP contribution in [0.25, 0.3) is 5.76 Å². The molecule has 2 aliphatic heterocycles. The Hall–Kier alpha value is -3.10. The first-order valence-electron chi connectivity index (χ1n) is 10.9. The van der Waals surface area contributed by atoms with Crippen molar-refractivity contribution in [3.8, 4) is 0 Å². The van der Waals surface area contributed by atoms with E-state index >= 15 is 0 Å². The molecule has 0 saturated carbocycles. The summed E-state index contributed by atoms with van der Waals surface area (Å²) in [6.07, 6.45) is 2.23. The molecule has 0 bridgehead atoms. The zero-order valence-corrected chi connectivity index (χ0v) is 18.5. The molecular formula is C24H28N4O4. The van der Waals surface area contributed by atoms with Crippen LogP contribution in [0.2, 0.25) is 0 Å². The number of aliphatic hydroxyl groups is 1. The van der Waals surface area contributed by atoms with Crippen molar-refractivity contribution < 1.29 is 19.4 Å². The van der Waals surface area contributed by atoms with Crippen molar-refractivity contribution in [2.75, 3.05) is 39.4 Å². The minimum atomic E-state index is -0.678. The molecule has 1 unspecified atom stereocenters. The van der Waals surface area contributed by atoms with E-state index in [1.165, 1.54) is 6.20 Å². The molecule has 0 aliphatic carbocycles. The standard InChI is InChI=1S/C24H28N4O4/c1-16-19(15-25-17(2)26-16)22(29)20-21(18-7-4-3-5-8-18)28(24(31)23(20)30)10-6-9-27-11-13-32-14-12-27/h3-5,7-8,15,21,29H,6,9-14H2,1-2H3. The van der Waals surface area contributed by atoms with Crippen molar-refractivity contribution in [3.63, 3.8) is 0 Å². The second-order valence-electron chi connectivity index (χ2n) is 8.13. The van der Waals surface area contributed by atoms with Gasteiger partial charge in [0.2, 0.25) is 0 Å². The number of morpholine rings is 1. The molecule has 2 aromatic rings. The van der Waals surface area contributed by atoms with Crippen LogP contribution < -0.4 is 0 Å². The highest BCUT2D eigenvalue weighted by molar-refractivity contribution is 6.46. The van der Waals surface area contributed by atoms with Gasteiger partial charge in [0.1, 0.15) is 11.6 Å². The van der Waals surface area contributed by atoms with Crippen LogP contribution in [-0.2, 0) is 14.3 Å². The summed E-state index contributed by atoms with van der Waals surface area (Å²) in [5.41, 5.74) is 1.79. The van der Waals surface area contributed by atoms with Gasteiger partial charge in [0.15, 0.2) is 0 Å². The molecule has 8 nitrogen and oxygen atoms in total. The summed E-state index contributed by atoms with van der Waals surface area (Å²) in [6, 6.07) is 8.70. The number of aryl methyl sites for hydroxylation is 2. The molecular weight excluding hydrogens is 408 g/mol. The highest BCUT2D eigenvalue weighted by Gasteiger charge is 2.46. The average Bonchev–Trinajstić information content (AvgIpc) is 3.05. The molecule has 1 atom stereocenters. The van der Waals surface area contributed by atoms with Gasteiger partial charge in [-0.25, -0.2) is 9.97 Å². The number of aliphatic hydroxyl groups excluding tert-OH is 1. The van der Waals surface area contributed by atoms with Crippen molar-refractivity contribution in [2.45, 2.75) is 26.3 Å². The van der Waals surface area contributed by atoms with E-state index in [1.54, 1.807) is 18.7 Å². The van der Waals surface area contributed by atoms with Gasteiger partial charge in [-0.05, 0) is 25.8 Å². The lowest BCUT2D eigenvalue weighted by molar-refractivity contribution is -0.140. The van der Waals surface area contributed by atoms with E-state index in [-0.39, 0.29) is 11.3 Å². The number of Topliss-reactive ketones (excluding diaryl/α,β-unsaturated/α-hetero) is 1. The Morgan fingerprint density at radius 3 is 2.53 bits per heavy atom. The number of hydrogen-bond donors (Lipinski definition) is 1. The minimum absolute atomic E-state index is 0.0862. The van der Waals surface area contributed by atoms with Gasteiger partial charge < -0.3 is 14.7 Å². The maximum Gasteiger partial charge on any atom is 0.295 e. The fourth-order valence-electron chi connectivity index (χ4n) is 4.34. The Kier molecular flexibility index (Phi) is 6.62. The Morgan fingerprint density at radius 1 is 1.12 bits per heavy atom. The molecule has 3 heterocycles. The summed E-state index contributed by atoms with van der Waals surface area (Å²) in [7, 11) is 0. The molecule has 32 heavy (non-hydrogen) atoms. The van der Waals surface area contributed by atoms with Crippen molar-refractivity contribution >= 4 is 17.4 Å². The number of ketones is 1. The van der Waals surface area contributed by atoms with Gasteiger partial charge in [-0.3, -0.25) is 14.5 Å². The van der Waals surface area contributed by atoms with Crippen molar-refractivity contribution in [2.24, 2.45) is 0 Å². The van der Waals surface area contributed by atoms with E-state index in [0.717, 1.165) is 31.6 Å². The minimum Gasteiger partial charge on any atom is -0.507 e. The third kappa shape index (κ3) is 4.42. The second kappa shape index (κ2) is 9.58. The first kappa shape index (κ1) is 22.1. The highest BCUT2D eigenvalue weighted by Crippen LogP contribution is 2.39. The zero-order valence-electron chi connectivity index (χ0n) is 18.5. The molecule has 1 N–H and O–H groups in total. The number of amides is 1. The molecule has 2 saturated heterocycles. The molecule has 2 aliphatic rings. The average molecular weight is 437 g/mol. The summed E-state index contributed by atoms with van der Waals surface area (Å²) >= 11 is 0. The first-order valence-corrected chi connectivity index (χ1v) is 10.9. The molecule has 0 radical (unpaired) electrons. The number of nitrogens with zero attached hydrogens (tertiary/aromatic N) is 4. The van der Waals surface area contributed by atoms with Crippen LogP contribution in [0.1, 0.15) is 35.1 Å². The number of carbonyl (C=O) groups excluding carboxylic acids is 2. The summed E-state index contributed by atoms with van der Waals surface area (Å²) in [4.78, 5) is 38.4. The fraction of sp³-hybridized carbons (Fsp3) is 0.417. The SMILES string of the molecule is Cc1ncc(C(O)=C2C(=O)C(=O)N(CCCN3CCOCC3)C2c2ccccc2)c(C)n1. The lowest BCUT2D eigenvalue weighted by atomic mass is 9.95. The molecule has 2 fully saturated rings. The summed E-state index contributed by atoms with van der Waals surface area (Å²) in [5.74, 6) is -0.927. The van der Waals surface area contributed by atoms with Crippen LogP contribution in [0.15, 0.2) is 42.1 Å². The number of likely N-dealkylation sites (tertiary alicyclic amines) is 1. The van der Waals surface area contributed by atoms with Gasteiger partial charge >= 0.3 is 0 Å². The summed E-state index contributed by atoms with van der Waals surface area (Å²) < 4.78 is 5.39. The van der Waals surface area contributed by atoms with Gasteiger partial charge in [-0.2, -0.15) is 0 Å². The first-order chi connectivity index (χ1) is 15.5. The number of benzene rings is 1. The Balaban J connectivity index is 1.67. The molecule has 8 heteroatoms. The molecule has 4 rings (SSSR count). The van der Waals surface area contributed by atoms with Crippen LogP contribution in [0.3, 0.4) is 0 Å². The number of carbonyl (C=O) groups is 2. The van der Waals surface area contributed by atoms with E-state index in [1.807, 2.05) is 30.3 Å². The summed E-state index contributed by atoms with van der Waals surface area (Å²) in [6.45, 7) is 7.91. The predicted molar refractivity (Wildman–Crippen MR) is 119 cm³/mol. The van der Waals surface area contributed by atoms with Gasteiger partial charge in [0, 0.05) is 32.4 Å². The lowest BCUT2D eigenvalue weighted by Gasteiger charge is -2.29. The molecule has 1 aromatic heterocycles. The third-order valence-corrected chi connectivity index (χ3v) is 5.99. The van der Waals surface area contributed by atoms with Crippen LogP contribution in [-0.4, -0.2) is 76.0 Å². The van der Waals surface area contributed by atoms with Gasteiger partial charge in [-0.1, -0.05) is 30.3 Å². The lowest BCUT2D eigenvalue weighted by Crippen LogP contribution is -2.38. The largest absolute Gasteiger partial charge is 0.507 e. The van der Waals surface area contributed by atoms with E-state index in [2.05, 4.69) is 14.9 Å². The van der Waals surface area contributed by atoms with Gasteiger partial charge in [0.05, 0.1) is 36.1 Å². The third-order valence-electron chi connectivity index (χ3n) is 5.99. The molecule has 1 amide bonds. The maximum atomic E-state index is 13.1. The van der Waals surface area contributed by atoms with Crippen LogP contribution >= 0.6 is 0 Å². The van der Waals surface area contributed by atoms with Crippen molar-refractivity contribution in [1.82, 2.24) is 19.8 Å². The number of rotatable bonds is 6. The Morgan fingerprint density at radius 2 is 1.84 bits per heavy atom. The number of hydrogen-bond acceptors (Lipinski definition) is 7. The Labute approximate surface area is 187 Å². The second-order valence-corrected chi connectivity index (χ2v) is 8.13. The van der Waals surface area contributed by atoms with E-state index in [9.17, 15) is 14.7 Å². The molecule has 1 aromatic carbocycles. The van der Waals surface area contributed by atoms with E-state index < -0.39 is 17.7 Å². The highest BCUT2D eigenvalue weighted by atomic mass is 16.5. The monoisotopic (exact) mass is 436 g/mol. The summed E-state index contributed by atoms with van der Waals surface area (Å²) in [5, 5.41) is 11.1. The van der Waals surface area contributed by atoms with Crippen LogP contribution in [0, 0.1) is 13.8 Å². The van der Waals surface area contributed by atoms with Crippen LogP contribution in [0.5, 0.6) is 0 Å². The van der Waals surface area contributed by atoms with Crippen molar-refractivity contribution in [1.29, 1.82) is 0 Å². The molecule has 0 spiro atoms. The fourth-order valence-corrected chi connectivity index (χ4v) is 4.34. The maximum absolute atomic E-state index is 13.1. The predicted octanol–water partition coefficient (Wildman–Crippen LogP) is 2.24. The number of ether oxygens (including phenoxy) is 1. The smallest absolute Gasteiger partial charge is 0.295 e. The van der Waals surface area contributed by atoms with Gasteiger partial charge in [-0.15, -0.1) is 0 Å².